The number of hydrazine groups is 1. The third-order valence-electron chi connectivity index (χ3n) is 2.66. The maximum absolute atomic E-state index is 12.1. The summed E-state index contributed by atoms with van der Waals surface area (Å²) in [5.41, 5.74) is 3.18. The van der Waals surface area contributed by atoms with Gasteiger partial charge in [0.1, 0.15) is 0 Å². The molecule has 0 aliphatic rings. The predicted molar refractivity (Wildman–Crippen MR) is 72.8 cm³/mol. The summed E-state index contributed by atoms with van der Waals surface area (Å²) in [7, 11) is 1.61. The summed E-state index contributed by atoms with van der Waals surface area (Å²) in [6.45, 7) is 0.266. The van der Waals surface area contributed by atoms with Crippen molar-refractivity contribution in [2.75, 3.05) is 13.6 Å². The molecule has 4 nitrogen and oxygen atoms in total. The molecule has 0 spiro atoms. The first-order valence-corrected chi connectivity index (χ1v) is 6.57. The summed E-state index contributed by atoms with van der Waals surface area (Å²) < 4.78 is 37.0. The molecule has 0 atom stereocenters. The normalized spacial score (nSPS) is 11.8. The van der Waals surface area contributed by atoms with Crippen LogP contribution >= 0.6 is 15.9 Å². The molecule has 1 rings (SSSR count). The van der Waals surface area contributed by atoms with Crippen LogP contribution in [0.1, 0.15) is 22.3 Å². The van der Waals surface area contributed by atoms with Crippen LogP contribution in [0.2, 0.25) is 0 Å². The van der Waals surface area contributed by atoms with Gasteiger partial charge < -0.3 is 4.90 Å². The van der Waals surface area contributed by atoms with E-state index in [1.165, 1.54) is 0 Å². The van der Waals surface area contributed by atoms with Gasteiger partial charge >= 0.3 is 6.18 Å². The first-order chi connectivity index (χ1) is 9.23. The van der Waals surface area contributed by atoms with Crippen molar-refractivity contribution in [3.63, 3.8) is 0 Å². The van der Waals surface area contributed by atoms with Gasteiger partial charge in [0.25, 0.3) is 5.91 Å². The Labute approximate surface area is 123 Å². The molecule has 112 valence electrons. The van der Waals surface area contributed by atoms with Gasteiger partial charge in [-0.2, -0.15) is 13.2 Å². The van der Waals surface area contributed by atoms with Crippen LogP contribution in [0.5, 0.6) is 0 Å². The molecule has 1 aromatic carbocycles. The lowest BCUT2D eigenvalue weighted by atomic mass is 10.1. The molecule has 8 heteroatoms. The van der Waals surface area contributed by atoms with Crippen molar-refractivity contribution in [3.05, 3.63) is 33.8 Å². The smallest absolute Gasteiger partial charge is 0.302 e. The lowest BCUT2D eigenvalue weighted by Crippen LogP contribution is -2.30. The second-order valence-electron chi connectivity index (χ2n) is 4.38. The number of benzene rings is 1. The third kappa shape index (κ3) is 5.48. The summed E-state index contributed by atoms with van der Waals surface area (Å²) in [4.78, 5) is 12.9. The van der Waals surface area contributed by atoms with Gasteiger partial charge in [0.05, 0.1) is 6.42 Å². The quantitative estimate of drug-likeness (QED) is 0.485. The Bertz CT molecular complexity index is 480. The van der Waals surface area contributed by atoms with Crippen molar-refractivity contribution in [1.82, 2.24) is 10.3 Å². The van der Waals surface area contributed by atoms with Crippen LogP contribution in [0.3, 0.4) is 0 Å². The first-order valence-electron chi connectivity index (χ1n) is 5.77. The van der Waals surface area contributed by atoms with Crippen LogP contribution in [0, 0.1) is 0 Å². The summed E-state index contributed by atoms with van der Waals surface area (Å²) in [5, 5.41) is 0. The molecule has 0 aliphatic carbocycles. The monoisotopic (exact) mass is 353 g/mol. The summed E-state index contributed by atoms with van der Waals surface area (Å²) in [5.74, 6) is 4.60. The number of halogens is 4. The number of nitrogens with one attached hydrogen (secondary N) is 1. The van der Waals surface area contributed by atoms with E-state index in [0.29, 0.717) is 16.6 Å². The lowest BCUT2D eigenvalue weighted by molar-refractivity contribution is -0.137. The second-order valence-corrected chi connectivity index (χ2v) is 5.24. The Morgan fingerprint density at radius 1 is 1.45 bits per heavy atom. The molecule has 0 bridgehead atoms. The van der Waals surface area contributed by atoms with Crippen molar-refractivity contribution >= 4 is 21.8 Å². The van der Waals surface area contributed by atoms with Gasteiger partial charge in [-0.25, -0.2) is 5.84 Å². The van der Waals surface area contributed by atoms with Gasteiger partial charge in [0.2, 0.25) is 0 Å². The van der Waals surface area contributed by atoms with Gasteiger partial charge in [-0.3, -0.25) is 10.2 Å². The van der Waals surface area contributed by atoms with Crippen molar-refractivity contribution in [2.45, 2.75) is 19.1 Å². The molecule has 0 fully saturated rings. The zero-order valence-corrected chi connectivity index (χ0v) is 12.4. The third-order valence-corrected chi connectivity index (χ3v) is 3.40. The molecule has 0 saturated heterocycles. The minimum absolute atomic E-state index is 0.0824. The van der Waals surface area contributed by atoms with Crippen LogP contribution in [0.15, 0.2) is 22.7 Å². The standard InChI is InChI=1S/C12H15BrF3N3O/c1-19(5-4-12(14,15)16)7-9-3-2-8(6-10(9)13)11(20)18-17/h2-3,6H,4-5,7,17H2,1H3,(H,18,20). The van der Waals surface area contributed by atoms with E-state index in [9.17, 15) is 18.0 Å². The highest BCUT2D eigenvalue weighted by atomic mass is 79.9. The van der Waals surface area contributed by atoms with Crippen LogP contribution < -0.4 is 11.3 Å². The minimum atomic E-state index is -4.16. The number of nitrogens with two attached hydrogens (primary N) is 1. The Balaban J connectivity index is 2.66. The molecule has 0 unspecified atom stereocenters. The van der Waals surface area contributed by atoms with Gasteiger partial charge in [-0.15, -0.1) is 0 Å². The highest BCUT2D eigenvalue weighted by Gasteiger charge is 2.27. The highest BCUT2D eigenvalue weighted by molar-refractivity contribution is 9.10. The van der Waals surface area contributed by atoms with Crippen molar-refractivity contribution in [3.8, 4) is 0 Å². The molecule has 1 amide bonds. The Morgan fingerprint density at radius 3 is 2.60 bits per heavy atom. The van der Waals surface area contributed by atoms with Crippen LogP contribution in [0.25, 0.3) is 0 Å². The minimum Gasteiger partial charge on any atom is -0.302 e. The number of carbonyl (C=O) groups is 1. The highest BCUT2D eigenvalue weighted by Crippen LogP contribution is 2.22. The van der Waals surface area contributed by atoms with Crippen molar-refractivity contribution in [1.29, 1.82) is 0 Å². The lowest BCUT2D eigenvalue weighted by Gasteiger charge is -2.18. The van der Waals surface area contributed by atoms with E-state index >= 15 is 0 Å². The van der Waals surface area contributed by atoms with Gasteiger partial charge in [0, 0.05) is 23.1 Å². The number of amides is 1. The number of hydrogen-bond donors (Lipinski definition) is 2. The molecule has 0 radical (unpaired) electrons. The molecule has 0 aromatic heterocycles. The zero-order chi connectivity index (χ0) is 15.3. The van der Waals surface area contributed by atoms with E-state index in [4.69, 9.17) is 5.84 Å². The summed E-state index contributed by atoms with van der Waals surface area (Å²) in [6, 6.07) is 4.83. The Hall–Kier alpha value is -1.12. The topological polar surface area (TPSA) is 58.4 Å². The fourth-order valence-corrected chi connectivity index (χ4v) is 2.09. The molecular weight excluding hydrogens is 339 g/mol. The number of alkyl halides is 3. The molecular formula is C12H15BrF3N3O. The van der Waals surface area contributed by atoms with Gasteiger partial charge in [-0.1, -0.05) is 22.0 Å². The van der Waals surface area contributed by atoms with Crippen molar-refractivity contribution in [2.24, 2.45) is 5.84 Å². The van der Waals surface area contributed by atoms with Crippen LogP contribution in [0.4, 0.5) is 13.2 Å². The summed E-state index contributed by atoms with van der Waals surface area (Å²) in [6.07, 6.45) is -5.01. The number of nitrogens with zero attached hydrogens (tertiary/aromatic N) is 1. The van der Waals surface area contributed by atoms with E-state index in [2.05, 4.69) is 15.9 Å². The Kier molecular flexibility index (Phi) is 5.97. The molecule has 20 heavy (non-hydrogen) atoms. The van der Waals surface area contributed by atoms with E-state index in [1.807, 2.05) is 5.43 Å². The maximum Gasteiger partial charge on any atom is 0.390 e. The average molecular weight is 354 g/mol. The van der Waals surface area contributed by atoms with Crippen LogP contribution in [-0.2, 0) is 6.54 Å². The van der Waals surface area contributed by atoms with Gasteiger partial charge in [0.15, 0.2) is 0 Å². The second kappa shape index (κ2) is 7.05. The van der Waals surface area contributed by atoms with E-state index < -0.39 is 18.5 Å². The number of hydrogen-bond acceptors (Lipinski definition) is 3. The number of carbonyl (C=O) groups excluding carboxylic acids is 1. The zero-order valence-electron chi connectivity index (χ0n) is 10.8. The molecule has 0 saturated carbocycles. The molecule has 3 N–H and O–H groups in total. The first kappa shape index (κ1) is 16.9. The van der Waals surface area contributed by atoms with Gasteiger partial charge in [-0.05, 0) is 24.7 Å². The molecule has 0 heterocycles. The van der Waals surface area contributed by atoms with E-state index in [1.54, 1.807) is 30.1 Å². The fraction of sp³-hybridized carbons (Fsp3) is 0.417. The maximum atomic E-state index is 12.1. The summed E-state index contributed by atoms with van der Waals surface area (Å²) >= 11 is 3.29. The fourth-order valence-electron chi connectivity index (χ4n) is 1.59. The van der Waals surface area contributed by atoms with Crippen molar-refractivity contribution < 1.29 is 18.0 Å². The Morgan fingerprint density at radius 2 is 2.10 bits per heavy atom. The molecule has 1 aromatic rings. The number of rotatable bonds is 5. The van der Waals surface area contributed by atoms with E-state index in [-0.39, 0.29) is 6.54 Å². The molecule has 0 aliphatic heterocycles. The van der Waals surface area contributed by atoms with Crippen LogP contribution in [-0.4, -0.2) is 30.6 Å². The largest absolute Gasteiger partial charge is 0.390 e. The predicted octanol–water partition coefficient (Wildman–Crippen LogP) is 2.44. The average Bonchev–Trinajstić information content (AvgIpc) is 2.37. The SMILES string of the molecule is CN(CCC(F)(F)F)Cc1ccc(C(=O)NN)cc1Br. The number of nitrogen functional groups attached to an aromatic ring is 1. The van der Waals surface area contributed by atoms with E-state index in [0.717, 1.165) is 5.56 Å².